The molecule has 0 spiro atoms. The first-order chi connectivity index (χ1) is 6.09. The summed E-state index contributed by atoms with van der Waals surface area (Å²) in [6.07, 6.45) is 0. The molecule has 1 aromatic heterocycles. The smallest absolute Gasteiger partial charge is 0.105 e. The van der Waals surface area contributed by atoms with E-state index < -0.39 is 0 Å². The Bertz CT molecular complexity index is 304. The minimum Gasteiger partial charge on any atom is -0.466 e. The van der Waals surface area contributed by atoms with E-state index in [-0.39, 0.29) is 0 Å². The molecule has 0 aliphatic rings. The lowest BCUT2D eigenvalue weighted by atomic mass is 10.2. The van der Waals surface area contributed by atoms with Crippen molar-refractivity contribution in [3.63, 3.8) is 0 Å². The SMILES string of the molecule is C=C(Cl)CNCc1cc(C)oc1C. The second-order valence-electron chi connectivity index (χ2n) is 3.06. The zero-order chi connectivity index (χ0) is 9.84. The van der Waals surface area contributed by atoms with Crippen LogP contribution in [0.15, 0.2) is 22.1 Å². The molecule has 3 heteroatoms. The maximum absolute atomic E-state index is 5.61. The first kappa shape index (κ1) is 10.4. The fourth-order valence-corrected chi connectivity index (χ4v) is 1.29. The van der Waals surface area contributed by atoms with Crippen LogP contribution in [0.25, 0.3) is 0 Å². The van der Waals surface area contributed by atoms with Crippen molar-refractivity contribution in [3.8, 4) is 0 Å². The maximum Gasteiger partial charge on any atom is 0.105 e. The van der Waals surface area contributed by atoms with Crippen LogP contribution in [-0.2, 0) is 6.54 Å². The molecule has 1 rings (SSSR count). The Morgan fingerprint density at radius 2 is 2.31 bits per heavy atom. The lowest BCUT2D eigenvalue weighted by molar-refractivity contribution is 0.499. The standard InChI is InChI=1S/C10H14ClNO/c1-7(11)5-12-6-10-4-8(2)13-9(10)3/h4,12H,1,5-6H2,2-3H3. The predicted molar refractivity (Wildman–Crippen MR) is 54.9 cm³/mol. The van der Waals surface area contributed by atoms with Crippen molar-refractivity contribution in [2.75, 3.05) is 6.54 Å². The molecule has 0 radical (unpaired) electrons. The largest absolute Gasteiger partial charge is 0.466 e. The summed E-state index contributed by atoms with van der Waals surface area (Å²) in [4.78, 5) is 0. The van der Waals surface area contributed by atoms with E-state index in [0.29, 0.717) is 11.6 Å². The molecule has 0 saturated heterocycles. The van der Waals surface area contributed by atoms with E-state index in [0.717, 1.165) is 18.1 Å². The van der Waals surface area contributed by atoms with E-state index in [9.17, 15) is 0 Å². The van der Waals surface area contributed by atoms with Gasteiger partial charge in [-0.05, 0) is 19.9 Å². The van der Waals surface area contributed by atoms with Gasteiger partial charge in [0, 0.05) is 23.7 Å². The van der Waals surface area contributed by atoms with Crippen LogP contribution >= 0.6 is 11.6 Å². The molecule has 2 nitrogen and oxygen atoms in total. The van der Waals surface area contributed by atoms with Crippen molar-refractivity contribution in [1.82, 2.24) is 5.32 Å². The van der Waals surface area contributed by atoms with Crippen molar-refractivity contribution in [2.24, 2.45) is 0 Å². The van der Waals surface area contributed by atoms with Crippen molar-refractivity contribution < 1.29 is 4.42 Å². The van der Waals surface area contributed by atoms with Gasteiger partial charge in [-0.15, -0.1) is 0 Å². The fraction of sp³-hybridized carbons (Fsp3) is 0.400. The molecule has 0 aromatic carbocycles. The van der Waals surface area contributed by atoms with Gasteiger partial charge in [0.15, 0.2) is 0 Å². The van der Waals surface area contributed by atoms with E-state index >= 15 is 0 Å². The summed E-state index contributed by atoms with van der Waals surface area (Å²) in [5.74, 6) is 1.91. The minimum atomic E-state index is 0.623. The van der Waals surface area contributed by atoms with Gasteiger partial charge in [0.1, 0.15) is 11.5 Å². The van der Waals surface area contributed by atoms with Gasteiger partial charge >= 0.3 is 0 Å². The molecule has 0 aliphatic carbocycles. The van der Waals surface area contributed by atoms with Crippen LogP contribution in [0.2, 0.25) is 0 Å². The number of halogens is 1. The molecule has 0 bridgehead atoms. The molecule has 1 aromatic rings. The molecule has 72 valence electrons. The Labute approximate surface area is 83.6 Å². The molecular weight excluding hydrogens is 186 g/mol. The van der Waals surface area contributed by atoms with Gasteiger partial charge in [-0.3, -0.25) is 0 Å². The van der Waals surface area contributed by atoms with Crippen LogP contribution in [0.5, 0.6) is 0 Å². The molecule has 13 heavy (non-hydrogen) atoms. The van der Waals surface area contributed by atoms with E-state index in [4.69, 9.17) is 16.0 Å². The van der Waals surface area contributed by atoms with Gasteiger partial charge in [-0.2, -0.15) is 0 Å². The summed E-state index contributed by atoms with van der Waals surface area (Å²) in [6, 6.07) is 2.03. The lowest BCUT2D eigenvalue weighted by Crippen LogP contribution is -2.14. The maximum atomic E-state index is 5.61. The normalized spacial score (nSPS) is 10.4. The van der Waals surface area contributed by atoms with Gasteiger partial charge in [0.2, 0.25) is 0 Å². The monoisotopic (exact) mass is 199 g/mol. The van der Waals surface area contributed by atoms with Crippen LogP contribution in [0.3, 0.4) is 0 Å². The Morgan fingerprint density at radius 3 is 2.77 bits per heavy atom. The highest BCUT2D eigenvalue weighted by Crippen LogP contribution is 2.13. The van der Waals surface area contributed by atoms with Crippen LogP contribution < -0.4 is 5.32 Å². The molecule has 0 atom stereocenters. The number of aryl methyl sites for hydroxylation is 2. The summed E-state index contributed by atoms with van der Waals surface area (Å²) >= 11 is 5.61. The highest BCUT2D eigenvalue weighted by atomic mass is 35.5. The second kappa shape index (κ2) is 4.49. The Morgan fingerprint density at radius 1 is 1.62 bits per heavy atom. The fourth-order valence-electron chi connectivity index (χ4n) is 1.19. The van der Waals surface area contributed by atoms with Gasteiger partial charge in [-0.1, -0.05) is 18.2 Å². The molecular formula is C10H14ClNO. The summed E-state index contributed by atoms with van der Waals surface area (Å²) < 4.78 is 5.38. The molecule has 1 heterocycles. The lowest BCUT2D eigenvalue weighted by Gasteiger charge is -2.00. The number of furan rings is 1. The van der Waals surface area contributed by atoms with Crippen molar-refractivity contribution in [1.29, 1.82) is 0 Å². The number of nitrogens with one attached hydrogen (secondary N) is 1. The van der Waals surface area contributed by atoms with Crippen LogP contribution in [0, 0.1) is 13.8 Å². The first-order valence-corrected chi connectivity index (χ1v) is 4.57. The third kappa shape index (κ3) is 3.25. The molecule has 0 aliphatic heterocycles. The van der Waals surface area contributed by atoms with Gasteiger partial charge < -0.3 is 9.73 Å². The first-order valence-electron chi connectivity index (χ1n) is 4.19. The van der Waals surface area contributed by atoms with E-state index in [1.165, 1.54) is 5.56 Å². The van der Waals surface area contributed by atoms with Crippen molar-refractivity contribution in [2.45, 2.75) is 20.4 Å². The zero-order valence-electron chi connectivity index (χ0n) is 7.98. The second-order valence-corrected chi connectivity index (χ2v) is 3.59. The average molecular weight is 200 g/mol. The molecule has 0 unspecified atom stereocenters. The molecule has 0 amide bonds. The molecule has 0 fully saturated rings. The van der Waals surface area contributed by atoms with Crippen molar-refractivity contribution in [3.05, 3.63) is 34.8 Å². The average Bonchev–Trinajstić information content (AvgIpc) is 2.29. The van der Waals surface area contributed by atoms with Crippen molar-refractivity contribution >= 4 is 11.6 Å². The quantitative estimate of drug-likeness (QED) is 0.807. The molecule has 1 N–H and O–H groups in total. The molecule has 0 saturated carbocycles. The Hall–Kier alpha value is -0.730. The van der Waals surface area contributed by atoms with E-state index in [2.05, 4.69) is 11.9 Å². The van der Waals surface area contributed by atoms with Crippen LogP contribution in [0.1, 0.15) is 17.1 Å². The summed E-state index contributed by atoms with van der Waals surface area (Å²) in [5.41, 5.74) is 1.18. The highest BCUT2D eigenvalue weighted by molar-refractivity contribution is 6.29. The number of hydrogen-bond acceptors (Lipinski definition) is 2. The van der Waals surface area contributed by atoms with E-state index in [1.54, 1.807) is 0 Å². The van der Waals surface area contributed by atoms with Gasteiger partial charge in [0.05, 0.1) is 0 Å². The minimum absolute atomic E-state index is 0.623. The summed E-state index contributed by atoms with van der Waals surface area (Å²) in [7, 11) is 0. The Balaban J connectivity index is 2.45. The van der Waals surface area contributed by atoms with E-state index in [1.807, 2.05) is 19.9 Å². The Kier molecular flexibility index (Phi) is 3.58. The topological polar surface area (TPSA) is 25.2 Å². The predicted octanol–water partition coefficient (Wildman–Crippen LogP) is 2.74. The number of rotatable bonds is 4. The highest BCUT2D eigenvalue weighted by Gasteiger charge is 2.03. The van der Waals surface area contributed by atoms with Gasteiger partial charge in [-0.25, -0.2) is 0 Å². The summed E-state index contributed by atoms with van der Waals surface area (Å²) in [5, 5.41) is 3.79. The van der Waals surface area contributed by atoms with Gasteiger partial charge in [0.25, 0.3) is 0 Å². The summed E-state index contributed by atoms with van der Waals surface area (Å²) in [6.45, 7) is 8.90. The zero-order valence-corrected chi connectivity index (χ0v) is 8.74. The third-order valence-corrected chi connectivity index (χ3v) is 1.91. The third-order valence-electron chi connectivity index (χ3n) is 1.78. The van der Waals surface area contributed by atoms with Crippen LogP contribution in [0.4, 0.5) is 0 Å². The number of hydrogen-bond donors (Lipinski definition) is 1. The van der Waals surface area contributed by atoms with Crippen LogP contribution in [-0.4, -0.2) is 6.54 Å².